The number of aromatic amines is 1. The lowest BCUT2D eigenvalue weighted by atomic mass is 10.2. The Kier molecular flexibility index (Phi) is 3.25. The first-order chi connectivity index (χ1) is 9.52. The van der Waals surface area contributed by atoms with Gasteiger partial charge in [-0.15, -0.1) is 0 Å². The van der Waals surface area contributed by atoms with Crippen molar-refractivity contribution in [2.45, 2.75) is 31.0 Å². The van der Waals surface area contributed by atoms with E-state index in [1.807, 2.05) is 0 Å². The van der Waals surface area contributed by atoms with Gasteiger partial charge in [0.1, 0.15) is 6.10 Å². The molecule has 8 heteroatoms. The van der Waals surface area contributed by atoms with Gasteiger partial charge in [-0.1, -0.05) is 0 Å². The number of H-pyrrole nitrogens is 1. The Balaban J connectivity index is 1.75. The molecule has 1 aromatic rings. The standard InChI is InChI=1S/C12H12BrN3O4/c13-7-4-14-10(17)3-6(7)11(18)16-8-1-5-2-9(8)20-12(19)15-5/h3-5,8-9H,1-2H2,(H,14,17)(H,15,19)(H,16,18)/t5-,8-,9-/m1/s1. The molecule has 1 saturated heterocycles. The van der Waals surface area contributed by atoms with Gasteiger partial charge in [-0.2, -0.15) is 0 Å². The molecule has 1 aromatic heterocycles. The van der Waals surface area contributed by atoms with Gasteiger partial charge >= 0.3 is 6.09 Å². The zero-order valence-corrected chi connectivity index (χ0v) is 11.9. The van der Waals surface area contributed by atoms with Crippen molar-refractivity contribution in [3.05, 3.63) is 32.7 Å². The van der Waals surface area contributed by atoms with Crippen molar-refractivity contribution in [1.82, 2.24) is 15.6 Å². The van der Waals surface area contributed by atoms with E-state index in [9.17, 15) is 14.4 Å². The highest BCUT2D eigenvalue weighted by molar-refractivity contribution is 9.10. The third-order valence-corrected chi connectivity index (χ3v) is 4.18. The van der Waals surface area contributed by atoms with Gasteiger partial charge < -0.3 is 20.4 Å². The Morgan fingerprint density at radius 1 is 1.40 bits per heavy atom. The van der Waals surface area contributed by atoms with Crippen LogP contribution in [-0.2, 0) is 4.74 Å². The van der Waals surface area contributed by atoms with Crippen LogP contribution in [0, 0.1) is 0 Å². The third-order valence-electron chi connectivity index (χ3n) is 3.52. The van der Waals surface area contributed by atoms with Crippen LogP contribution in [0.5, 0.6) is 0 Å². The fourth-order valence-electron chi connectivity index (χ4n) is 2.61. The Bertz CT molecular complexity index is 629. The zero-order valence-electron chi connectivity index (χ0n) is 10.3. The van der Waals surface area contributed by atoms with Crippen molar-refractivity contribution < 1.29 is 14.3 Å². The van der Waals surface area contributed by atoms with Crippen LogP contribution in [-0.4, -0.2) is 35.2 Å². The van der Waals surface area contributed by atoms with Crippen LogP contribution in [0.4, 0.5) is 4.79 Å². The van der Waals surface area contributed by atoms with Crippen molar-refractivity contribution in [1.29, 1.82) is 0 Å². The van der Waals surface area contributed by atoms with Gasteiger partial charge in [-0.3, -0.25) is 9.59 Å². The molecule has 1 aliphatic heterocycles. The second kappa shape index (κ2) is 4.93. The summed E-state index contributed by atoms with van der Waals surface area (Å²) in [6.07, 6.45) is 1.99. The lowest BCUT2D eigenvalue weighted by molar-refractivity contribution is 0.0659. The number of nitrogens with one attached hydrogen (secondary N) is 3. The molecule has 0 unspecified atom stereocenters. The molecule has 3 atom stereocenters. The van der Waals surface area contributed by atoms with Crippen LogP contribution < -0.4 is 16.2 Å². The first-order valence-corrected chi connectivity index (χ1v) is 6.98. The van der Waals surface area contributed by atoms with Gasteiger partial charge in [0.05, 0.1) is 11.6 Å². The molecule has 1 saturated carbocycles. The Morgan fingerprint density at radius 3 is 3.00 bits per heavy atom. The molecule has 0 radical (unpaired) electrons. The summed E-state index contributed by atoms with van der Waals surface area (Å²) < 4.78 is 5.64. The van der Waals surface area contributed by atoms with E-state index in [2.05, 4.69) is 31.5 Å². The fraction of sp³-hybridized carbons (Fsp3) is 0.417. The number of hydrogen-bond acceptors (Lipinski definition) is 4. The molecule has 2 aliphatic rings. The Hall–Kier alpha value is -1.83. The SMILES string of the molecule is O=C1N[C@@H]2C[C@@H](NC(=O)c3cc(=O)[nH]cc3Br)[C@@H](C2)O1. The van der Waals surface area contributed by atoms with E-state index in [0.29, 0.717) is 17.3 Å². The largest absolute Gasteiger partial charge is 0.444 e. The van der Waals surface area contributed by atoms with Gasteiger partial charge in [-0.05, 0) is 22.4 Å². The summed E-state index contributed by atoms with van der Waals surface area (Å²) in [7, 11) is 0. The van der Waals surface area contributed by atoms with Crippen LogP contribution >= 0.6 is 15.9 Å². The Labute approximate surface area is 122 Å². The maximum Gasteiger partial charge on any atom is 0.407 e. The van der Waals surface area contributed by atoms with Crippen molar-refractivity contribution in [3.63, 3.8) is 0 Å². The van der Waals surface area contributed by atoms with Crippen molar-refractivity contribution >= 4 is 27.9 Å². The molecule has 106 valence electrons. The molecule has 20 heavy (non-hydrogen) atoms. The lowest BCUT2D eigenvalue weighted by Gasteiger charge is -2.23. The minimum absolute atomic E-state index is 0.0363. The number of ether oxygens (including phenoxy) is 1. The molecule has 3 rings (SSSR count). The molecule has 7 nitrogen and oxygen atoms in total. The van der Waals surface area contributed by atoms with E-state index in [4.69, 9.17) is 4.74 Å². The molecule has 2 amide bonds. The fourth-order valence-corrected chi connectivity index (χ4v) is 3.02. The van der Waals surface area contributed by atoms with Gasteiger partial charge in [0.2, 0.25) is 5.56 Å². The highest BCUT2D eigenvalue weighted by atomic mass is 79.9. The normalized spacial score (nSPS) is 27.6. The topological polar surface area (TPSA) is 100 Å². The molecular weight excluding hydrogens is 330 g/mol. The van der Waals surface area contributed by atoms with E-state index < -0.39 is 6.09 Å². The van der Waals surface area contributed by atoms with Crippen LogP contribution in [0.25, 0.3) is 0 Å². The molecule has 3 N–H and O–H groups in total. The number of fused-ring (bicyclic) bond motifs is 2. The van der Waals surface area contributed by atoms with E-state index in [1.54, 1.807) is 0 Å². The van der Waals surface area contributed by atoms with Crippen molar-refractivity contribution in [2.24, 2.45) is 0 Å². The molecular formula is C12H12BrN3O4. The summed E-state index contributed by atoms with van der Waals surface area (Å²) >= 11 is 3.22. The van der Waals surface area contributed by atoms with Crippen LogP contribution in [0.1, 0.15) is 23.2 Å². The number of carbonyl (C=O) groups is 2. The van der Waals surface area contributed by atoms with Crippen LogP contribution in [0.15, 0.2) is 21.5 Å². The molecule has 2 bridgehead atoms. The number of hydrogen-bond donors (Lipinski definition) is 3. The van der Waals surface area contributed by atoms with E-state index >= 15 is 0 Å². The van der Waals surface area contributed by atoms with Gasteiger partial charge in [0, 0.05) is 29.2 Å². The summed E-state index contributed by atoms with van der Waals surface area (Å²) in [5, 5.41) is 5.51. The average molecular weight is 342 g/mol. The maximum absolute atomic E-state index is 12.2. The summed E-state index contributed by atoms with van der Waals surface area (Å²) in [5.41, 5.74) is -0.0916. The minimum atomic E-state index is -0.444. The number of amides is 2. The molecule has 2 fully saturated rings. The predicted octanol–water partition coefficient (Wildman–Crippen LogP) is 0.507. The minimum Gasteiger partial charge on any atom is -0.444 e. The van der Waals surface area contributed by atoms with Crippen LogP contribution in [0.2, 0.25) is 0 Å². The number of aromatic nitrogens is 1. The van der Waals surface area contributed by atoms with Crippen molar-refractivity contribution in [2.75, 3.05) is 0 Å². The van der Waals surface area contributed by atoms with E-state index in [-0.39, 0.29) is 35.2 Å². The van der Waals surface area contributed by atoms with E-state index in [1.165, 1.54) is 12.3 Å². The number of pyridine rings is 1. The zero-order chi connectivity index (χ0) is 14.3. The van der Waals surface area contributed by atoms with E-state index in [0.717, 1.165) is 0 Å². The van der Waals surface area contributed by atoms with Gasteiger partial charge in [0.15, 0.2) is 0 Å². The summed E-state index contributed by atoms with van der Waals surface area (Å²) in [6.45, 7) is 0. The summed E-state index contributed by atoms with van der Waals surface area (Å²) in [5.74, 6) is -0.364. The number of halogens is 1. The van der Waals surface area contributed by atoms with Gasteiger partial charge in [-0.25, -0.2) is 4.79 Å². The molecule has 2 heterocycles. The predicted molar refractivity (Wildman–Crippen MR) is 72.4 cm³/mol. The smallest absolute Gasteiger partial charge is 0.407 e. The monoisotopic (exact) mass is 341 g/mol. The maximum atomic E-state index is 12.2. The number of carbonyl (C=O) groups excluding carboxylic acids is 2. The molecule has 0 aromatic carbocycles. The highest BCUT2D eigenvalue weighted by Gasteiger charge is 2.42. The third kappa shape index (κ3) is 2.43. The lowest BCUT2D eigenvalue weighted by Crippen LogP contribution is -2.44. The quantitative estimate of drug-likeness (QED) is 0.729. The second-order valence-electron chi connectivity index (χ2n) is 4.90. The average Bonchev–Trinajstić information content (AvgIpc) is 2.67. The number of rotatable bonds is 2. The highest BCUT2D eigenvalue weighted by Crippen LogP contribution is 2.27. The van der Waals surface area contributed by atoms with Crippen LogP contribution in [0.3, 0.4) is 0 Å². The Morgan fingerprint density at radius 2 is 2.20 bits per heavy atom. The van der Waals surface area contributed by atoms with Crippen molar-refractivity contribution in [3.8, 4) is 0 Å². The molecule has 0 spiro atoms. The second-order valence-corrected chi connectivity index (χ2v) is 5.75. The first kappa shape index (κ1) is 13.2. The summed E-state index contributed by atoms with van der Waals surface area (Å²) in [4.78, 5) is 37.2. The number of alkyl carbamates (subject to hydrolysis) is 1. The molecule has 1 aliphatic carbocycles. The first-order valence-electron chi connectivity index (χ1n) is 6.19. The van der Waals surface area contributed by atoms with Gasteiger partial charge in [0.25, 0.3) is 5.91 Å². The summed E-state index contributed by atoms with van der Waals surface area (Å²) in [6, 6.07) is 1.02.